The van der Waals surface area contributed by atoms with Gasteiger partial charge in [-0.3, -0.25) is 4.79 Å². The number of carbonyl (C=O) groups is 1. The highest BCUT2D eigenvalue weighted by molar-refractivity contribution is 6.02. The maximum Gasteiger partial charge on any atom is 0.258 e. The highest BCUT2D eigenvalue weighted by atomic mass is 16.2. The summed E-state index contributed by atoms with van der Waals surface area (Å²) in [7, 11) is 0. The van der Waals surface area contributed by atoms with Gasteiger partial charge in [0.2, 0.25) is 0 Å². The molecule has 3 heteroatoms. The summed E-state index contributed by atoms with van der Waals surface area (Å²) in [5.41, 5.74) is 1.69. The number of anilines is 1. The Hall–Kier alpha value is -1.51. The highest BCUT2D eigenvalue weighted by Crippen LogP contribution is 2.42. The standard InChI is InChI=1S/C16H22N2O/c1-3-12(2)18-15(19)13-8-4-5-9-14(13)17-16(18)10-6-7-11-16/h4-5,8-9,12,17H,3,6-7,10-11H2,1-2H3/t12-/m1/s1. The zero-order chi connectivity index (χ0) is 13.5. The van der Waals surface area contributed by atoms with Crippen molar-refractivity contribution >= 4 is 11.6 Å². The lowest BCUT2D eigenvalue weighted by atomic mass is 9.95. The molecule has 1 aliphatic heterocycles. The molecule has 3 nitrogen and oxygen atoms in total. The first kappa shape index (κ1) is 12.5. The van der Waals surface area contributed by atoms with Crippen molar-refractivity contribution in [1.82, 2.24) is 4.90 Å². The van der Waals surface area contributed by atoms with Crippen molar-refractivity contribution in [2.75, 3.05) is 5.32 Å². The van der Waals surface area contributed by atoms with Crippen LogP contribution in [0.2, 0.25) is 0 Å². The van der Waals surface area contributed by atoms with Crippen LogP contribution in [0.25, 0.3) is 0 Å². The van der Waals surface area contributed by atoms with Crippen LogP contribution in [-0.2, 0) is 0 Å². The van der Waals surface area contributed by atoms with Gasteiger partial charge in [-0.15, -0.1) is 0 Å². The molecule has 3 rings (SSSR count). The van der Waals surface area contributed by atoms with Crippen LogP contribution < -0.4 is 5.32 Å². The van der Waals surface area contributed by atoms with Gasteiger partial charge in [-0.05, 0) is 51.2 Å². The van der Waals surface area contributed by atoms with Gasteiger partial charge in [0.1, 0.15) is 5.66 Å². The molecule has 2 aliphatic rings. The fraction of sp³-hybridized carbons (Fsp3) is 0.562. The summed E-state index contributed by atoms with van der Waals surface area (Å²) in [6.07, 6.45) is 5.54. The third-order valence-corrected chi connectivity index (χ3v) is 4.67. The zero-order valence-corrected chi connectivity index (χ0v) is 11.8. The predicted octanol–water partition coefficient (Wildman–Crippen LogP) is 3.62. The monoisotopic (exact) mass is 258 g/mol. The summed E-state index contributed by atoms with van der Waals surface area (Å²) in [6.45, 7) is 4.31. The molecule has 1 saturated carbocycles. The Labute approximate surface area is 115 Å². The molecule has 0 saturated heterocycles. The summed E-state index contributed by atoms with van der Waals surface area (Å²) in [5.74, 6) is 0.200. The van der Waals surface area contributed by atoms with Crippen LogP contribution in [0.1, 0.15) is 56.3 Å². The Morgan fingerprint density at radius 2 is 2.00 bits per heavy atom. The molecule has 1 fully saturated rings. The first-order chi connectivity index (χ1) is 9.18. The van der Waals surface area contributed by atoms with E-state index in [2.05, 4.69) is 24.1 Å². The van der Waals surface area contributed by atoms with Gasteiger partial charge in [0, 0.05) is 11.7 Å². The number of benzene rings is 1. The van der Waals surface area contributed by atoms with Crippen LogP contribution in [0.3, 0.4) is 0 Å². The third kappa shape index (κ3) is 1.83. The number of rotatable bonds is 2. The number of para-hydroxylation sites is 1. The van der Waals surface area contributed by atoms with E-state index >= 15 is 0 Å². The molecule has 1 N–H and O–H groups in total. The molecule has 1 aromatic carbocycles. The zero-order valence-electron chi connectivity index (χ0n) is 11.8. The largest absolute Gasteiger partial charge is 0.362 e. The van der Waals surface area contributed by atoms with Gasteiger partial charge in [0.05, 0.1) is 5.56 Å². The quantitative estimate of drug-likeness (QED) is 0.878. The average Bonchev–Trinajstić information content (AvgIpc) is 2.87. The van der Waals surface area contributed by atoms with E-state index in [0.717, 1.165) is 30.5 Å². The number of hydrogen-bond donors (Lipinski definition) is 1. The van der Waals surface area contributed by atoms with Gasteiger partial charge in [0.15, 0.2) is 0 Å². The normalized spacial score (nSPS) is 22.2. The van der Waals surface area contributed by atoms with Crippen molar-refractivity contribution in [2.45, 2.75) is 57.7 Å². The number of nitrogens with zero attached hydrogens (tertiary/aromatic N) is 1. The molecule has 0 radical (unpaired) electrons. The lowest BCUT2D eigenvalue weighted by Gasteiger charge is -2.49. The van der Waals surface area contributed by atoms with Crippen molar-refractivity contribution in [3.63, 3.8) is 0 Å². The van der Waals surface area contributed by atoms with Crippen LogP contribution in [0.15, 0.2) is 24.3 Å². The van der Waals surface area contributed by atoms with Crippen molar-refractivity contribution < 1.29 is 4.79 Å². The van der Waals surface area contributed by atoms with Crippen LogP contribution >= 0.6 is 0 Å². The molecule has 1 amide bonds. The minimum atomic E-state index is -0.138. The molecule has 1 aliphatic carbocycles. The fourth-order valence-electron chi connectivity index (χ4n) is 3.54. The molecule has 0 aromatic heterocycles. The van der Waals surface area contributed by atoms with Crippen LogP contribution in [0.5, 0.6) is 0 Å². The predicted molar refractivity (Wildman–Crippen MR) is 77.2 cm³/mol. The number of nitrogens with one attached hydrogen (secondary N) is 1. The van der Waals surface area contributed by atoms with Gasteiger partial charge >= 0.3 is 0 Å². The second kappa shape index (κ2) is 4.55. The maximum atomic E-state index is 12.9. The van der Waals surface area contributed by atoms with Crippen LogP contribution in [-0.4, -0.2) is 22.5 Å². The Bertz CT molecular complexity index is 491. The van der Waals surface area contributed by atoms with Crippen molar-refractivity contribution in [2.24, 2.45) is 0 Å². The van der Waals surface area contributed by atoms with Gasteiger partial charge in [-0.25, -0.2) is 0 Å². The van der Waals surface area contributed by atoms with E-state index in [1.165, 1.54) is 12.8 Å². The average molecular weight is 258 g/mol. The first-order valence-corrected chi connectivity index (χ1v) is 7.39. The SMILES string of the molecule is CC[C@@H](C)N1C(=O)c2ccccc2NC12CCCC2. The van der Waals surface area contributed by atoms with Crippen molar-refractivity contribution in [3.05, 3.63) is 29.8 Å². The topological polar surface area (TPSA) is 32.3 Å². The van der Waals surface area contributed by atoms with E-state index in [4.69, 9.17) is 0 Å². The molecule has 0 bridgehead atoms. The number of carbonyl (C=O) groups excluding carboxylic acids is 1. The summed E-state index contributed by atoms with van der Waals surface area (Å²) in [4.78, 5) is 15.0. The molecular weight excluding hydrogens is 236 g/mol. The fourth-order valence-corrected chi connectivity index (χ4v) is 3.54. The van der Waals surface area contributed by atoms with Gasteiger partial charge in [-0.2, -0.15) is 0 Å². The van der Waals surface area contributed by atoms with E-state index < -0.39 is 0 Å². The van der Waals surface area contributed by atoms with Gasteiger partial charge < -0.3 is 10.2 Å². The highest BCUT2D eigenvalue weighted by Gasteiger charge is 2.47. The van der Waals surface area contributed by atoms with Crippen LogP contribution in [0.4, 0.5) is 5.69 Å². The molecule has 102 valence electrons. The summed E-state index contributed by atoms with van der Waals surface area (Å²) < 4.78 is 0. The molecule has 19 heavy (non-hydrogen) atoms. The molecule has 0 unspecified atom stereocenters. The van der Waals surface area contributed by atoms with E-state index in [1.54, 1.807) is 0 Å². The van der Waals surface area contributed by atoms with E-state index in [1.807, 2.05) is 24.3 Å². The summed E-state index contributed by atoms with van der Waals surface area (Å²) in [6, 6.07) is 8.19. The number of hydrogen-bond acceptors (Lipinski definition) is 2. The molecule has 1 atom stereocenters. The van der Waals surface area contributed by atoms with Gasteiger partial charge in [0.25, 0.3) is 5.91 Å². The first-order valence-electron chi connectivity index (χ1n) is 7.39. The Morgan fingerprint density at radius 3 is 2.68 bits per heavy atom. The van der Waals surface area contributed by atoms with Crippen molar-refractivity contribution in [1.29, 1.82) is 0 Å². The number of amides is 1. The Kier molecular flexibility index (Phi) is 3.00. The van der Waals surface area contributed by atoms with Crippen molar-refractivity contribution in [3.8, 4) is 0 Å². The summed E-state index contributed by atoms with van der Waals surface area (Å²) in [5, 5.41) is 3.67. The molecule has 1 heterocycles. The van der Waals surface area contributed by atoms with E-state index in [-0.39, 0.29) is 17.6 Å². The number of fused-ring (bicyclic) bond motifs is 1. The summed E-state index contributed by atoms with van der Waals surface area (Å²) >= 11 is 0. The van der Waals surface area contributed by atoms with Gasteiger partial charge in [-0.1, -0.05) is 19.1 Å². The molecular formula is C16H22N2O. The van der Waals surface area contributed by atoms with E-state index in [0.29, 0.717) is 0 Å². The minimum absolute atomic E-state index is 0.138. The smallest absolute Gasteiger partial charge is 0.258 e. The molecule has 1 spiro atoms. The van der Waals surface area contributed by atoms with E-state index in [9.17, 15) is 4.79 Å². The second-order valence-electron chi connectivity index (χ2n) is 5.84. The minimum Gasteiger partial charge on any atom is -0.362 e. The Morgan fingerprint density at radius 1 is 1.32 bits per heavy atom. The third-order valence-electron chi connectivity index (χ3n) is 4.67. The second-order valence-corrected chi connectivity index (χ2v) is 5.84. The lowest BCUT2D eigenvalue weighted by Crippen LogP contribution is -2.61. The lowest BCUT2D eigenvalue weighted by molar-refractivity contribution is 0.0378. The van der Waals surface area contributed by atoms with Crippen LogP contribution in [0, 0.1) is 0 Å². The Balaban J connectivity index is 2.08. The maximum absolute atomic E-state index is 12.9. The molecule has 1 aromatic rings.